The van der Waals surface area contributed by atoms with Crippen LogP contribution in [0.2, 0.25) is 0 Å². The van der Waals surface area contributed by atoms with Gasteiger partial charge in [0.15, 0.2) is 4.34 Å². The van der Waals surface area contributed by atoms with E-state index in [1.807, 2.05) is 10.8 Å². The van der Waals surface area contributed by atoms with Crippen LogP contribution in [-0.2, 0) is 5.41 Å². The van der Waals surface area contributed by atoms with Crippen molar-refractivity contribution in [1.29, 1.82) is 0 Å². The van der Waals surface area contributed by atoms with E-state index in [-0.39, 0.29) is 5.41 Å². The summed E-state index contributed by atoms with van der Waals surface area (Å²) in [7, 11) is 0. The molecule has 4 nitrogen and oxygen atoms in total. The molecule has 7 heteroatoms. The molecule has 1 aliphatic heterocycles. The minimum absolute atomic E-state index is 0.0673. The van der Waals surface area contributed by atoms with Crippen molar-refractivity contribution in [3.63, 3.8) is 0 Å². The third kappa shape index (κ3) is 3.19. The molecule has 0 amide bonds. The highest BCUT2D eigenvalue weighted by Gasteiger charge is 2.24. The minimum Gasteiger partial charge on any atom is -0.341 e. The Kier molecular flexibility index (Phi) is 4.23. The largest absolute Gasteiger partial charge is 0.341 e. The van der Waals surface area contributed by atoms with Gasteiger partial charge in [0.05, 0.1) is 9.48 Å². The van der Waals surface area contributed by atoms with E-state index < -0.39 is 0 Å². The second kappa shape index (κ2) is 5.38. The van der Waals surface area contributed by atoms with Crippen LogP contribution in [0.3, 0.4) is 0 Å². The van der Waals surface area contributed by atoms with Gasteiger partial charge in [-0.25, -0.2) is 9.40 Å². The van der Waals surface area contributed by atoms with E-state index in [9.17, 15) is 0 Å². The van der Waals surface area contributed by atoms with Crippen molar-refractivity contribution in [2.75, 3.05) is 13.2 Å². The van der Waals surface area contributed by atoms with Gasteiger partial charge in [-0.15, -0.1) is 0 Å². The molecule has 0 saturated heterocycles. The normalized spacial score (nSPS) is 15.8. The molecular weight excluding hydrogens is 332 g/mol. The lowest BCUT2D eigenvalue weighted by atomic mass is 9.93. The average molecular weight is 349 g/mol. The van der Waals surface area contributed by atoms with E-state index in [1.54, 1.807) is 23.3 Å². The summed E-state index contributed by atoms with van der Waals surface area (Å²) >= 11 is 6.87. The Balaban J connectivity index is 2.06. The summed E-state index contributed by atoms with van der Waals surface area (Å²) in [5, 5.41) is 4.33. The molecular formula is C11H17BrN4S2. The molecule has 2 heterocycles. The maximum absolute atomic E-state index is 4.70. The van der Waals surface area contributed by atoms with Crippen LogP contribution in [0, 0.1) is 0 Å². The monoisotopic (exact) mass is 348 g/mol. The predicted molar refractivity (Wildman–Crippen MR) is 81.9 cm³/mol. The minimum atomic E-state index is 0.0673. The summed E-state index contributed by atoms with van der Waals surface area (Å²) in [6, 6.07) is 0. The second-order valence-electron chi connectivity index (χ2n) is 5.07. The zero-order valence-electron chi connectivity index (χ0n) is 11.0. The van der Waals surface area contributed by atoms with E-state index in [1.165, 1.54) is 0 Å². The standard InChI is InChI=1S/C11H17BrN4S2/c1-5-15-6-13-16(7-15)18-10-14-8(9(12)17-10)11(2,3)4/h6H,5,7H2,1-4H3. The summed E-state index contributed by atoms with van der Waals surface area (Å²) in [5.41, 5.74) is 1.18. The van der Waals surface area contributed by atoms with Crippen molar-refractivity contribution in [3.8, 4) is 0 Å². The second-order valence-corrected chi connectivity index (χ2v) is 8.64. The van der Waals surface area contributed by atoms with Gasteiger partial charge in [-0.3, -0.25) is 0 Å². The van der Waals surface area contributed by atoms with Crippen molar-refractivity contribution >= 4 is 45.6 Å². The van der Waals surface area contributed by atoms with Crippen molar-refractivity contribution in [2.45, 2.75) is 37.4 Å². The quantitative estimate of drug-likeness (QED) is 0.778. The molecule has 1 aromatic heterocycles. The van der Waals surface area contributed by atoms with Gasteiger partial charge in [-0.2, -0.15) is 5.10 Å². The molecule has 0 bridgehead atoms. The molecule has 18 heavy (non-hydrogen) atoms. The number of thiazole rings is 1. The topological polar surface area (TPSA) is 31.7 Å². The molecule has 100 valence electrons. The van der Waals surface area contributed by atoms with Crippen molar-refractivity contribution in [1.82, 2.24) is 14.3 Å². The Labute approximate surface area is 125 Å². The number of rotatable bonds is 3. The summed E-state index contributed by atoms with van der Waals surface area (Å²) < 4.78 is 4.11. The Morgan fingerprint density at radius 3 is 2.72 bits per heavy atom. The van der Waals surface area contributed by atoms with Gasteiger partial charge in [-0.05, 0) is 22.9 Å². The van der Waals surface area contributed by atoms with Gasteiger partial charge >= 0.3 is 0 Å². The van der Waals surface area contributed by atoms with Crippen molar-refractivity contribution in [2.24, 2.45) is 5.10 Å². The van der Waals surface area contributed by atoms with Crippen LogP contribution in [0.1, 0.15) is 33.4 Å². The number of hydrazone groups is 1. The van der Waals surface area contributed by atoms with E-state index in [2.05, 4.69) is 53.6 Å². The molecule has 0 aliphatic carbocycles. The Hall–Kier alpha value is -0.270. The van der Waals surface area contributed by atoms with Crippen LogP contribution in [0.15, 0.2) is 13.2 Å². The maximum Gasteiger partial charge on any atom is 0.173 e. The summed E-state index contributed by atoms with van der Waals surface area (Å²) in [6.45, 7) is 10.5. The lowest BCUT2D eigenvalue weighted by Crippen LogP contribution is -2.22. The highest BCUT2D eigenvalue weighted by Crippen LogP contribution is 2.38. The fourth-order valence-corrected chi connectivity index (χ4v) is 4.94. The first-order chi connectivity index (χ1) is 8.40. The molecule has 1 aliphatic rings. The first kappa shape index (κ1) is 14.1. The van der Waals surface area contributed by atoms with Crippen molar-refractivity contribution in [3.05, 3.63) is 9.48 Å². The SMILES string of the molecule is CCN1C=NN(Sc2nc(C(C)(C)C)c(Br)s2)C1. The summed E-state index contributed by atoms with van der Waals surface area (Å²) in [5.74, 6) is 0. The average Bonchev–Trinajstić information content (AvgIpc) is 2.84. The third-order valence-electron chi connectivity index (χ3n) is 2.51. The molecule has 0 unspecified atom stereocenters. The van der Waals surface area contributed by atoms with Gasteiger partial charge in [0, 0.05) is 23.9 Å². The van der Waals surface area contributed by atoms with Crippen LogP contribution in [0.4, 0.5) is 0 Å². The smallest absolute Gasteiger partial charge is 0.173 e. The Morgan fingerprint density at radius 2 is 2.22 bits per heavy atom. The van der Waals surface area contributed by atoms with Crippen molar-refractivity contribution < 1.29 is 0 Å². The lowest BCUT2D eigenvalue weighted by molar-refractivity contribution is 0.370. The fraction of sp³-hybridized carbons (Fsp3) is 0.636. The Morgan fingerprint density at radius 1 is 1.50 bits per heavy atom. The number of hydrogen-bond donors (Lipinski definition) is 0. The molecule has 0 radical (unpaired) electrons. The number of halogens is 1. The first-order valence-electron chi connectivity index (χ1n) is 5.80. The van der Waals surface area contributed by atoms with Crippen LogP contribution >= 0.6 is 39.2 Å². The number of hydrogen-bond acceptors (Lipinski definition) is 6. The van der Waals surface area contributed by atoms with E-state index in [0.29, 0.717) is 0 Å². The summed E-state index contributed by atoms with van der Waals surface area (Å²) in [6.07, 6.45) is 1.88. The van der Waals surface area contributed by atoms with Gasteiger partial charge in [0.2, 0.25) is 0 Å². The molecule has 0 saturated carbocycles. The molecule has 0 atom stereocenters. The van der Waals surface area contributed by atoms with Crippen LogP contribution in [0.5, 0.6) is 0 Å². The van der Waals surface area contributed by atoms with E-state index in [0.717, 1.165) is 27.0 Å². The van der Waals surface area contributed by atoms with Gasteiger partial charge in [-0.1, -0.05) is 32.1 Å². The van der Waals surface area contributed by atoms with E-state index >= 15 is 0 Å². The first-order valence-corrected chi connectivity index (χ1v) is 8.19. The molecule has 0 aromatic carbocycles. The molecule has 1 aromatic rings. The lowest BCUT2D eigenvalue weighted by Gasteiger charge is -2.16. The number of nitrogens with zero attached hydrogens (tertiary/aromatic N) is 4. The van der Waals surface area contributed by atoms with Crippen LogP contribution in [-0.4, -0.2) is 33.9 Å². The highest BCUT2D eigenvalue weighted by molar-refractivity contribution is 9.11. The summed E-state index contributed by atoms with van der Waals surface area (Å²) in [4.78, 5) is 6.85. The Bertz CT molecular complexity index is 452. The van der Waals surface area contributed by atoms with Gasteiger partial charge in [0.1, 0.15) is 13.0 Å². The van der Waals surface area contributed by atoms with Gasteiger partial charge < -0.3 is 4.90 Å². The van der Waals surface area contributed by atoms with Crippen LogP contribution in [0.25, 0.3) is 0 Å². The molecule has 0 N–H and O–H groups in total. The zero-order chi connectivity index (χ0) is 13.3. The number of aromatic nitrogens is 1. The zero-order valence-corrected chi connectivity index (χ0v) is 14.2. The fourth-order valence-electron chi connectivity index (χ4n) is 1.47. The molecule has 0 fully saturated rings. The molecule has 2 rings (SSSR count). The predicted octanol–water partition coefficient (Wildman–Crippen LogP) is 3.75. The van der Waals surface area contributed by atoms with Gasteiger partial charge in [0.25, 0.3) is 0 Å². The highest BCUT2D eigenvalue weighted by atomic mass is 79.9. The third-order valence-corrected chi connectivity index (χ3v) is 5.15. The van der Waals surface area contributed by atoms with Crippen LogP contribution < -0.4 is 0 Å². The molecule has 0 spiro atoms. The van der Waals surface area contributed by atoms with E-state index in [4.69, 9.17) is 4.98 Å². The maximum atomic E-state index is 4.70.